The molecule has 0 bridgehead atoms. The van der Waals surface area contributed by atoms with E-state index in [0.29, 0.717) is 37.0 Å². The van der Waals surface area contributed by atoms with Gasteiger partial charge in [0.2, 0.25) is 5.95 Å². The van der Waals surface area contributed by atoms with E-state index < -0.39 is 36.5 Å². The van der Waals surface area contributed by atoms with E-state index in [-0.39, 0.29) is 23.1 Å². The largest absolute Gasteiger partial charge is 0.478 e. The van der Waals surface area contributed by atoms with Crippen molar-refractivity contribution >= 4 is 17.9 Å². The van der Waals surface area contributed by atoms with Crippen LogP contribution in [0.5, 0.6) is 0 Å². The predicted octanol–water partition coefficient (Wildman–Crippen LogP) is 3.83. The summed E-state index contributed by atoms with van der Waals surface area (Å²) in [6, 6.07) is 2.14. The summed E-state index contributed by atoms with van der Waals surface area (Å²) in [4.78, 5) is 28.9. The number of aryl methyl sites for hydroxylation is 1. The highest BCUT2D eigenvalue weighted by atomic mass is 19.4. The first-order valence-electron chi connectivity index (χ1n) is 11.4. The fraction of sp³-hybridized carbons (Fsp3) is 0.364. The number of aliphatic carboxylic acids is 2. The van der Waals surface area contributed by atoms with Gasteiger partial charge in [-0.3, -0.25) is 0 Å². The maximum atomic E-state index is 14.2. The number of nitrogens with zero attached hydrogens (tertiary/aromatic N) is 3. The van der Waals surface area contributed by atoms with Crippen molar-refractivity contribution in [3.05, 3.63) is 53.6 Å². The fourth-order valence-corrected chi connectivity index (χ4v) is 3.13. The summed E-state index contributed by atoms with van der Waals surface area (Å²) in [5.74, 6) is -3.28. The van der Waals surface area contributed by atoms with Crippen LogP contribution in [0.15, 0.2) is 36.5 Å². The average Bonchev–Trinajstić information content (AvgIpc) is 3.26. The van der Waals surface area contributed by atoms with E-state index in [1.165, 1.54) is 11.1 Å². The highest BCUT2D eigenvalue weighted by Gasteiger charge is 2.31. The topological polar surface area (TPSA) is 116 Å². The fourth-order valence-electron chi connectivity index (χ4n) is 3.13. The lowest BCUT2D eigenvalue weighted by Gasteiger charge is -2.19. The first kappa shape index (κ1) is 22.3. The summed E-state index contributed by atoms with van der Waals surface area (Å²) in [5.41, 5.74) is -0.413. The third-order valence-electron chi connectivity index (χ3n) is 4.81. The predicted molar refractivity (Wildman–Crippen MR) is 116 cm³/mol. The van der Waals surface area contributed by atoms with E-state index >= 15 is 0 Å². The van der Waals surface area contributed by atoms with Crippen molar-refractivity contribution in [2.75, 3.05) is 25.4 Å². The van der Waals surface area contributed by atoms with Crippen LogP contribution in [0.4, 0.5) is 23.5 Å². The van der Waals surface area contributed by atoms with Crippen LogP contribution in [-0.2, 0) is 15.8 Å². The molecule has 0 aliphatic carbocycles. The number of carboxylic acid groups (broad SMARTS) is 2. The number of alkyl halides is 3. The number of halogens is 4. The molecule has 184 valence electrons. The van der Waals surface area contributed by atoms with Crippen molar-refractivity contribution < 1.29 is 41.5 Å². The van der Waals surface area contributed by atoms with E-state index in [4.69, 9.17) is 14.3 Å². The molecule has 1 aliphatic heterocycles. The average molecular weight is 487 g/mol. The Bertz CT molecular complexity index is 1140. The Morgan fingerprint density at radius 1 is 1.26 bits per heavy atom. The zero-order valence-corrected chi connectivity index (χ0v) is 17.9. The van der Waals surface area contributed by atoms with E-state index in [1.54, 1.807) is 6.92 Å². The second-order valence-electron chi connectivity index (χ2n) is 7.27. The van der Waals surface area contributed by atoms with Crippen LogP contribution in [0, 0.1) is 12.7 Å². The lowest BCUT2D eigenvalue weighted by atomic mass is 10.0. The van der Waals surface area contributed by atoms with Crippen LogP contribution in [0.25, 0.3) is 11.1 Å². The maximum absolute atomic E-state index is 14.2. The summed E-state index contributed by atoms with van der Waals surface area (Å²) in [5, 5.41) is 18.6. The number of anilines is 1. The van der Waals surface area contributed by atoms with Crippen LogP contribution in [-0.4, -0.2) is 63.1 Å². The number of carbonyl (C=O) groups is 2. The summed E-state index contributed by atoms with van der Waals surface area (Å²) in [7, 11) is 0. The Morgan fingerprint density at radius 3 is 2.47 bits per heavy atom. The Balaban J connectivity index is 0.000000521. The lowest BCUT2D eigenvalue weighted by molar-refractivity contribution is -0.137. The number of hydrogen-bond donors (Lipinski definition) is 3. The van der Waals surface area contributed by atoms with Gasteiger partial charge < -0.3 is 20.4 Å². The second kappa shape index (κ2) is 11.5. The molecule has 1 saturated heterocycles. The molecule has 2 aromatic rings. The monoisotopic (exact) mass is 487 g/mol. The maximum Gasteiger partial charge on any atom is 0.416 e. The Hall–Kier alpha value is -3.54. The molecule has 1 atom stereocenters. The molecule has 8 nitrogen and oxygen atoms in total. The minimum absolute atomic E-state index is 0.0218. The van der Waals surface area contributed by atoms with Crippen LogP contribution in [0.1, 0.15) is 28.2 Å². The van der Waals surface area contributed by atoms with Gasteiger partial charge in [-0.2, -0.15) is 13.2 Å². The van der Waals surface area contributed by atoms with Crippen molar-refractivity contribution in [1.82, 2.24) is 14.9 Å². The molecular weight excluding hydrogens is 460 g/mol. The number of nitrogens with one attached hydrogen (secondary N) is 1. The van der Waals surface area contributed by atoms with Gasteiger partial charge in [-0.25, -0.2) is 23.9 Å². The van der Waals surface area contributed by atoms with Gasteiger partial charge in [0.05, 0.1) is 11.3 Å². The highest BCUT2D eigenvalue weighted by molar-refractivity contribution is 5.89. The number of likely N-dealkylation sites (N-methyl/N-ethyl adjacent to an activating group) is 1. The van der Waals surface area contributed by atoms with Crippen LogP contribution in [0.2, 0.25) is 0 Å². The molecule has 12 heteroatoms. The molecule has 1 aromatic carbocycles. The molecular formula is C22H24F4N4O4. The molecule has 34 heavy (non-hydrogen) atoms. The third-order valence-corrected chi connectivity index (χ3v) is 4.81. The summed E-state index contributed by atoms with van der Waals surface area (Å²) < 4.78 is 75.1. The molecule has 0 spiro atoms. The van der Waals surface area contributed by atoms with Gasteiger partial charge in [-0.05, 0) is 45.4 Å². The summed E-state index contributed by atoms with van der Waals surface area (Å²) in [6.45, 7) is 0.272. The zero-order valence-electron chi connectivity index (χ0n) is 20.9. The van der Waals surface area contributed by atoms with Crippen LogP contribution < -0.4 is 5.32 Å². The molecule has 1 aliphatic rings. The Kier molecular flexibility index (Phi) is 7.56. The number of benzene rings is 1. The van der Waals surface area contributed by atoms with Gasteiger partial charge in [-0.15, -0.1) is 0 Å². The van der Waals surface area contributed by atoms with Gasteiger partial charge in [0.25, 0.3) is 0 Å². The standard InChI is InChI=1S/C18H20F4N4.C4H4O4/c1-11-15(14-6-5-12(8-16(14)19)18(20,21)22)10-24-17(25-11)23-9-13-4-3-7-26(13)2;5-3(6)1-2-4(7)8/h5-6,8,10,13H,3-4,7,9H2,1-2H3,(H,23,24,25);1-2H,(H,5,6)(H,7,8)/b;2-1+/t13-;/m1./s1/i2D3;. The van der Waals surface area contributed by atoms with Crippen LogP contribution >= 0.6 is 0 Å². The molecule has 2 heterocycles. The molecule has 3 rings (SSSR count). The molecule has 3 N–H and O–H groups in total. The number of carboxylic acids is 2. The van der Waals surface area contributed by atoms with E-state index in [1.807, 2.05) is 0 Å². The van der Waals surface area contributed by atoms with Gasteiger partial charge in [-0.1, -0.05) is 6.07 Å². The Morgan fingerprint density at radius 2 is 1.94 bits per heavy atom. The quantitative estimate of drug-likeness (QED) is 0.416. The van der Waals surface area contributed by atoms with Crippen molar-refractivity contribution in [3.8, 4) is 11.1 Å². The van der Waals surface area contributed by atoms with E-state index in [9.17, 15) is 27.2 Å². The summed E-state index contributed by atoms with van der Waals surface area (Å²) >= 11 is 0. The van der Waals surface area contributed by atoms with Gasteiger partial charge in [0, 0.05) is 46.2 Å². The number of likely N-dealkylation sites (tertiary alicyclic amines) is 1. The zero-order chi connectivity index (χ0) is 28.0. The molecule has 1 aromatic heterocycles. The first-order valence-corrected chi connectivity index (χ1v) is 9.95. The van der Waals surface area contributed by atoms with Crippen LogP contribution in [0.3, 0.4) is 0 Å². The SMILES string of the molecule is O=C(O)/C=C/C(=O)O.[2H]C([2H])([2H])N1CCC[C@@H]1CNc1ncc(-c2ccc(C(F)(F)F)cc2F)c(C)n1. The molecule has 0 unspecified atom stereocenters. The molecule has 1 fully saturated rings. The van der Waals surface area contributed by atoms with Crippen molar-refractivity contribution in [2.45, 2.75) is 32.0 Å². The van der Waals surface area contributed by atoms with Crippen molar-refractivity contribution in [2.24, 2.45) is 0 Å². The van der Waals surface area contributed by atoms with Crippen molar-refractivity contribution in [1.29, 1.82) is 0 Å². The highest BCUT2D eigenvalue weighted by Crippen LogP contribution is 2.33. The Labute approximate surface area is 197 Å². The molecule has 0 saturated carbocycles. The summed E-state index contributed by atoms with van der Waals surface area (Å²) in [6.07, 6.45) is -0.644. The van der Waals surface area contributed by atoms with E-state index in [0.717, 1.165) is 25.0 Å². The van der Waals surface area contributed by atoms with Crippen molar-refractivity contribution in [3.63, 3.8) is 0 Å². The van der Waals surface area contributed by atoms with Gasteiger partial charge in [0.1, 0.15) is 5.82 Å². The number of hydrogen-bond acceptors (Lipinski definition) is 6. The number of rotatable bonds is 6. The molecule has 0 radical (unpaired) electrons. The lowest BCUT2D eigenvalue weighted by Crippen LogP contribution is -2.32. The van der Waals surface area contributed by atoms with Gasteiger partial charge >= 0.3 is 18.1 Å². The minimum Gasteiger partial charge on any atom is -0.478 e. The molecule has 0 amide bonds. The smallest absolute Gasteiger partial charge is 0.416 e. The normalized spacial score (nSPS) is 17.9. The first-order chi connectivity index (χ1) is 17.1. The van der Waals surface area contributed by atoms with E-state index in [2.05, 4.69) is 15.3 Å². The third kappa shape index (κ3) is 7.80. The number of aromatic nitrogens is 2. The van der Waals surface area contributed by atoms with Gasteiger partial charge in [0.15, 0.2) is 0 Å². The second-order valence-corrected chi connectivity index (χ2v) is 7.27. The minimum atomic E-state index is -4.62.